The predicted octanol–water partition coefficient (Wildman–Crippen LogP) is 3.84. The topological polar surface area (TPSA) is 165 Å². The van der Waals surface area contributed by atoms with Crippen molar-refractivity contribution >= 4 is 33.3 Å². The molecule has 0 aliphatic heterocycles. The second-order valence-corrected chi connectivity index (χ2v) is 9.66. The first kappa shape index (κ1) is 27.3. The molecule has 2 aromatic heterocycles. The van der Waals surface area contributed by atoms with Crippen molar-refractivity contribution in [2.45, 2.75) is 19.3 Å². The highest BCUT2D eigenvalue weighted by molar-refractivity contribution is 7.93. The lowest BCUT2D eigenvalue weighted by Crippen LogP contribution is -2.21. The van der Waals surface area contributed by atoms with Gasteiger partial charge in [0.25, 0.3) is 15.9 Å². The Labute approximate surface area is 218 Å². The molecule has 16 heteroatoms. The van der Waals surface area contributed by atoms with E-state index in [1.165, 1.54) is 30.6 Å². The average molecular weight is 566 g/mol. The summed E-state index contributed by atoms with van der Waals surface area (Å²) in [7, 11) is -5.09. The van der Waals surface area contributed by atoms with E-state index in [0.717, 1.165) is 18.2 Å². The van der Waals surface area contributed by atoms with Gasteiger partial charge in [0, 0.05) is 5.56 Å². The number of nitrogens with zero attached hydrogens (tertiary/aromatic N) is 3. The Kier molecular flexibility index (Phi) is 7.66. The number of carbonyl (C=O) groups is 1. The molecule has 0 fully saturated rings. The van der Waals surface area contributed by atoms with Gasteiger partial charge in [-0.2, -0.15) is 13.9 Å². The summed E-state index contributed by atoms with van der Waals surface area (Å²) in [6.07, 6.45) is 2.89. The number of aromatic nitrogens is 4. The number of nitrogens with two attached hydrogens (primary N) is 1. The average Bonchev–Trinajstić information content (AvgIpc) is 3.30. The van der Waals surface area contributed by atoms with Gasteiger partial charge in [-0.25, -0.2) is 22.2 Å². The number of primary amides is 1. The van der Waals surface area contributed by atoms with Crippen LogP contribution in [0.3, 0.4) is 0 Å². The van der Waals surface area contributed by atoms with Gasteiger partial charge in [0.2, 0.25) is 0 Å². The van der Waals surface area contributed by atoms with Crippen LogP contribution in [-0.2, 0) is 16.6 Å². The first-order chi connectivity index (χ1) is 18.4. The van der Waals surface area contributed by atoms with Crippen LogP contribution in [0, 0.1) is 18.6 Å². The third-order valence-electron chi connectivity index (χ3n) is 5.18. The highest BCUT2D eigenvalue weighted by Crippen LogP contribution is 2.35. The number of aryl methyl sites for hydroxylation is 1. The first-order valence-corrected chi connectivity index (χ1v) is 12.4. The summed E-state index contributed by atoms with van der Waals surface area (Å²) >= 11 is 0. The summed E-state index contributed by atoms with van der Waals surface area (Å²) in [6.45, 7) is 1.34. The van der Waals surface area contributed by atoms with Crippen LogP contribution in [0.15, 0.2) is 48.8 Å². The number of ether oxygens (including phenoxy) is 1. The third kappa shape index (κ3) is 6.23. The standard InChI is InChI=1S/C23H19F4N7O4S/c1-11-8-30-18(9-29-11)31-22-19(21(28)35)20(32-33-22)13-3-5-16(34-39(36,37)23(26)27)17(7-13)38-10-12-2-4-14(24)15(25)6-12/h2-9,23,34H,10H2,1H3,(H2,28,35)(H2,30,31,32,33). The van der Waals surface area contributed by atoms with E-state index in [0.29, 0.717) is 5.69 Å². The molecule has 2 heterocycles. The molecule has 0 aliphatic rings. The van der Waals surface area contributed by atoms with Crippen molar-refractivity contribution in [1.29, 1.82) is 0 Å². The second-order valence-electron chi connectivity index (χ2n) is 8.01. The number of benzene rings is 2. The lowest BCUT2D eigenvalue weighted by atomic mass is 10.1. The molecule has 5 N–H and O–H groups in total. The minimum atomic E-state index is -5.09. The maximum Gasteiger partial charge on any atom is 0.355 e. The number of halogens is 4. The van der Waals surface area contributed by atoms with Crippen LogP contribution in [0.1, 0.15) is 21.6 Å². The van der Waals surface area contributed by atoms with Crippen molar-refractivity contribution < 1.29 is 35.5 Å². The van der Waals surface area contributed by atoms with Gasteiger partial charge >= 0.3 is 5.76 Å². The zero-order chi connectivity index (χ0) is 28.3. The van der Waals surface area contributed by atoms with Crippen molar-refractivity contribution in [3.63, 3.8) is 0 Å². The molecule has 0 radical (unpaired) electrons. The van der Waals surface area contributed by atoms with Gasteiger partial charge in [0.05, 0.1) is 29.5 Å². The Balaban J connectivity index is 1.72. The quantitative estimate of drug-likeness (QED) is 0.211. The molecule has 204 valence electrons. The number of hydrogen-bond donors (Lipinski definition) is 4. The SMILES string of the molecule is Cc1cnc(Nc2n[nH]c(-c3ccc(NS(=O)(=O)C(F)F)c(OCc4ccc(F)c(F)c4)c3)c2C(N)=O)cn1. The highest BCUT2D eigenvalue weighted by atomic mass is 32.2. The predicted molar refractivity (Wildman–Crippen MR) is 132 cm³/mol. The Morgan fingerprint density at radius 2 is 1.87 bits per heavy atom. The van der Waals surface area contributed by atoms with E-state index in [1.807, 2.05) is 0 Å². The van der Waals surface area contributed by atoms with E-state index in [2.05, 4.69) is 25.5 Å². The monoisotopic (exact) mass is 565 g/mol. The number of amides is 1. The van der Waals surface area contributed by atoms with E-state index in [4.69, 9.17) is 10.5 Å². The summed E-state index contributed by atoms with van der Waals surface area (Å²) in [5.74, 6) is -6.89. The number of hydrogen-bond acceptors (Lipinski definition) is 8. The first-order valence-electron chi connectivity index (χ1n) is 10.9. The third-order valence-corrected chi connectivity index (χ3v) is 6.15. The smallest absolute Gasteiger partial charge is 0.355 e. The van der Waals surface area contributed by atoms with E-state index >= 15 is 0 Å². The molecule has 39 heavy (non-hydrogen) atoms. The molecule has 2 aromatic carbocycles. The van der Waals surface area contributed by atoms with Crippen molar-refractivity contribution in [3.8, 4) is 17.0 Å². The van der Waals surface area contributed by atoms with Gasteiger partial charge in [0.15, 0.2) is 17.5 Å². The summed E-state index contributed by atoms with van der Waals surface area (Å²) in [5, 5.41) is 9.49. The van der Waals surface area contributed by atoms with Gasteiger partial charge < -0.3 is 15.8 Å². The van der Waals surface area contributed by atoms with Crippen molar-refractivity contribution in [1.82, 2.24) is 20.2 Å². The summed E-state index contributed by atoms with van der Waals surface area (Å²) in [4.78, 5) is 20.5. The van der Waals surface area contributed by atoms with Crippen LogP contribution in [0.5, 0.6) is 5.75 Å². The molecule has 0 spiro atoms. The Morgan fingerprint density at radius 1 is 1.10 bits per heavy atom. The molecule has 0 bridgehead atoms. The maximum absolute atomic E-state index is 13.6. The fourth-order valence-corrected chi connectivity index (χ4v) is 3.89. The fraction of sp³-hybridized carbons (Fsp3) is 0.130. The molecule has 0 atom stereocenters. The number of rotatable bonds is 10. The van der Waals surface area contributed by atoms with E-state index in [-0.39, 0.29) is 45.5 Å². The lowest BCUT2D eigenvalue weighted by molar-refractivity contribution is 0.100. The Morgan fingerprint density at radius 3 is 2.51 bits per heavy atom. The van der Waals surface area contributed by atoms with Crippen LogP contribution in [-0.4, -0.2) is 40.2 Å². The van der Waals surface area contributed by atoms with Crippen LogP contribution < -0.4 is 20.5 Å². The molecule has 4 rings (SSSR count). The van der Waals surface area contributed by atoms with Crippen LogP contribution in [0.25, 0.3) is 11.3 Å². The minimum absolute atomic E-state index is 0.00221. The minimum Gasteiger partial charge on any atom is -0.487 e. The normalized spacial score (nSPS) is 11.4. The summed E-state index contributed by atoms with van der Waals surface area (Å²) in [6, 6.07) is 6.56. The highest BCUT2D eigenvalue weighted by Gasteiger charge is 2.26. The van der Waals surface area contributed by atoms with Crippen LogP contribution in [0.4, 0.5) is 34.9 Å². The molecule has 0 saturated heterocycles. The molecular formula is C23H19F4N7O4S. The number of sulfonamides is 1. The van der Waals surface area contributed by atoms with Gasteiger partial charge in [0.1, 0.15) is 23.7 Å². The molecule has 0 aliphatic carbocycles. The molecule has 4 aromatic rings. The van der Waals surface area contributed by atoms with E-state index in [1.54, 1.807) is 11.6 Å². The van der Waals surface area contributed by atoms with Crippen molar-refractivity contribution in [2.24, 2.45) is 5.73 Å². The zero-order valence-corrected chi connectivity index (χ0v) is 20.7. The fourth-order valence-electron chi connectivity index (χ4n) is 3.33. The van der Waals surface area contributed by atoms with Gasteiger partial charge in [-0.1, -0.05) is 12.1 Å². The second kappa shape index (κ2) is 10.9. The lowest BCUT2D eigenvalue weighted by Gasteiger charge is -2.15. The largest absolute Gasteiger partial charge is 0.487 e. The number of carbonyl (C=O) groups excluding carboxylic acids is 1. The summed E-state index contributed by atoms with van der Waals surface area (Å²) < 4.78 is 83.8. The molecule has 0 saturated carbocycles. The van der Waals surface area contributed by atoms with Crippen LogP contribution >= 0.6 is 0 Å². The van der Waals surface area contributed by atoms with Crippen molar-refractivity contribution in [2.75, 3.05) is 10.0 Å². The molecule has 11 nitrogen and oxygen atoms in total. The van der Waals surface area contributed by atoms with Crippen LogP contribution in [0.2, 0.25) is 0 Å². The Hall–Kier alpha value is -4.73. The van der Waals surface area contributed by atoms with Crippen molar-refractivity contribution in [3.05, 3.63) is 77.2 Å². The number of nitrogens with one attached hydrogen (secondary N) is 3. The maximum atomic E-state index is 13.6. The number of alkyl halides is 2. The number of aromatic amines is 1. The molecular weight excluding hydrogens is 546 g/mol. The van der Waals surface area contributed by atoms with Gasteiger partial charge in [-0.05, 0) is 36.8 Å². The molecule has 1 amide bonds. The zero-order valence-electron chi connectivity index (χ0n) is 19.9. The van der Waals surface area contributed by atoms with E-state index in [9.17, 15) is 30.8 Å². The van der Waals surface area contributed by atoms with E-state index < -0.39 is 39.9 Å². The van der Waals surface area contributed by atoms with Gasteiger partial charge in [-0.15, -0.1) is 0 Å². The molecule has 0 unspecified atom stereocenters. The van der Waals surface area contributed by atoms with Gasteiger partial charge in [-0.3, -0.25) is 19.6 Å². The number of anilines is 3. The summed E-state index contributed by atoms with van der Waals surface area (Å²) in [5.41, 5.74) is 6.17. The number of H-pyrrole nitrogens is 1. The Bertz CT molecular complexity index is 1630.